The summed E-state index contributed by atoms with van der Waals surface area (Å²) in [4.78, 5) is 23.5. The third-order valence-corrected chi connectivity index (χ3v) is 3.77. The molecule has 3 rings (SSSR count). The number of hydrazone groups is 1. The number of nitrogen functional groups attached to an aromatic ring is 1. The predicted molar refractivity (Wildman–Crippen MR) is 103 cm³/mol. The molecule has 1 aromatic carbocycles. The Labute approximate surface area is 165 Å². The molecule has 0 aliphatic carbocycles. The molecule has 2 heterocycles. The molecule has 3 aromatic rings. The fraction of sp³-hybridized carbons (Fsp3) is 0.235. The number of hydrogen-bond acceptors (Lipinski definition) is 9. The van der Waals surface area contributed by atoms with Crippen LogP contribution in [-0.4, -0.2) is 43.3 Å². The van der Waals surface area contributed by atoms with Crippen LogP contribution in [-0.2, 0) is 11.2 Å². The monoisotopic (exact) mass is 397 g/mol. The van der Waals surface area contributed by atoms with Crippen LogP contribution in [0.15, 0.2) is 34.0 Å². The number of nitrogens with zero attached hydrogens (tertiary/aromatic N) is 6. The Kier molecular flexibility index (Phi) is 5.92. The van der Waals surface area contributed by atoms with E-state index in [0.717, 1.165) is 12.0 Å². The summed E-state index contributed by atoms with van der Waals surface area (Å²) in [6.07, 6.45) is 2.72. The van der Waals surface area contributed by atoms with E-state index in [4.69, 9.17) is 5.73 Å². The first-order valence-corrected chi connectivity index (χ1v) is 8.73. The first-order valence-electron chi connectivity index (χ1n) is 8.73. The molecule has 0 unspecified atom stereocenters. The van der Waals surface area contributed by atoms with E-state index in [9.17, 15) is 9.59 Å². The molecule has 29 heavy (non-hydrogen) atoms. The van der Waals surface area contributed by atoms with Crippen molar-refractivity contribution in [2.24, 2.45) is 5.10 Å². The lowest BCUT2D eigenvalue weighted by molar-refractivity contribution is -0.114. The fourth-order valence-electron chi connectivity index (χ4n) is 2.52. The summed E-state index contributed by atoms with van der Waals surface area (Å²) in [5, 5.41) is 21.7. The molecule has 12 nitrogen and oxygen atoms in total. The first-order chi connectivity index (χ1) is 14.0. The van der Waals surface area contributed by atoms with Gasteiger partial charge in [-0.15, -0.1) is 5.10 Å². The van der Waals surface area contributed by atoms with Gasteiger partial charge < -0.3 is 11.1 Å². The lowest BCUT2D eigenvalue weighted by Gasteiger charge is -2.04. The second-order valence-electron chi connectivity index (χ2n) is 6.02. The quantitative estimate of drug-likeness (QED) is 0.390. The first kappa shape index (κ1) is 19.7. The third-order valence-electron chi connectivity index (χ3n) is 3.77. The van der Waals surface area contributed by atoms with Crippen molar-refractivity contribution in [2.75, 3.05) is 11.1 Å². The maximum Gasteiger partial charge on any atom is 0.293 e. The number of aromatic nitrogens is 5. The zero-order chi connectivity index (χ0) is 20.8. The summed E-state index contributed by atoms with van der Waals surface area (Å²) in [5.41, 5.74) is 10.1. The molecule has 2 amide bonds. The van der Waals surface area contributed by atoms with Crippen LogP contribution in [0.5, 0.6) is 0 Å². The van der Waals surface area contributed by atoms with Crippen LogP contribution >= 0.6 is 0 Å². The second-order valence-corrected chi connectivity index (χ2v) is 6.02. The van der Waals surface area contributed by atoms with Crippen molar-refractivity contribution in [1.82, 2.24) is 30.7 Å². The molecule has 4 N–H and O–H groups in total. The minimum absolute atomic E-state index is 0.0416. The van der Waals surface area contributed by atoms with Crippen LogP contribution in [0.25, 0.3) is 5.82 Å². The van der Waals surface area contributed by atoms with E-state index < -0.39 is 5.91 Å². The number of nitrogens with one attached hydrogen (secondary N) is 2. The van der Waals surface area contributed by atoms with Crippen LogP contribution in [0.1, 0.15) is 42.0 Å². The molecule has 12 heteroatoms. The predicted octanol–water partition coefficient (Wildman–Crippen LogP) is 0.907. The number of carbonyl (C=O) groups is 2. The fourth-order valence-corrected chi connectivity index (χ4v) is 2.52. The SMILES string of the molecule is CCCc1c(C(=O)N/N=C\c2ccc(NC(C)=O)cc2)nnn1-c1nonc1N. The number of rotatable bonds is 7. The van der Waals surface area contributed by atoms with Gasteiger partial charge in [0.1, 0.15) is 0 Å². The van der Waals surface area contributed by atoms with E-state index in [-0.39, 0.29) is 23.2 Å². The minimum atomic E-state index is -0.527. The topological polar surface area (TPSA) is 166 Å². The Morgan fingerprint density at radius 2 is 2.03 bits per heavy atom. The van der Waals surface area contributed by atoms with Gasteiger partial charge in [0, 0.05) is 12.6 Å². The number of hydrogen-bond donors (Lipinski definition) is 3. The number of nitrogens with two attached hydrogens (primary N) is 1. The Morgan fingerprint density at radius 1 is 1.28 bits per heavy atom. The third kappa shape index (κ3) is 4.61. The van der Waals surface area contributed by atoms with Crippen LogP contribution < -0.4 is 16.5 Å². The van der Waals surface area contributed by atoms with Crippen LogP contribution in [0.3, 0.4) is 0 Å². The van der Waals surface area contributed by atoms with Crippen LogP contribution in [0.2, 0.25) is 0 Å². The van der Waals surface area contributed by atoms with Gasteiger partial charge in [-0.3, -0.25) is 9.59 Å². The van der Waals surface area contributed by atoms with Gasteiger partial charge in [0.2, 0.25) is 17.5 Å². The summed E-state index contributed by atoms with van der Waals surface area (Å²) in [7, 11) is 0. The lowest BCUT2D eigenvalue weighted by atomic mass is 10.2. The number of carbonyl (C=O) groups excluding carboxylic acids is 2. The molecule has 0 saturated heterocycles. The average molecular weight is 397 g/mol. The lowest BCUT2D eigenvalue weighted by Crippen LogP contribution is -2.20. The van der Waals surface area contributed by atoms with Crippen molar-refractivity contribution in [2.45, 2.75) is 26.7 Å². The standard InChI is InChI=1S/C17H19N9O3/c1-3-4-13-14(21-25-26(13)16-15(18)23-29-24-16)17(28)22-19-9-11-5-7-12(8-6-11)20-10(2)27/h5-9H,3-4H2,1-2H3,(H2,18,23)(H,20,27)(H,22,28)/b19-9-. The highest BCUT2D eigenvalue weighted by Crippen LogP contribution is 2.17. The van der Waals surface area contributed by atoms with Gasteiger partial charge in [-0.2, -0.15) is 9.78 Å². The van der Waals surface area contributed by atoms with E-state index in [1.807, 2.05) is 6.92 Å². The van der Waals surface area contributed by atoms with Crippen LogP contribution in [0, 0.1) is 0 Å². The van der Waals surface area contributed by atoms with E-state index in [1.165, 1.54) is 17.8 Å². The summed E-state index contributed by atoms with van der Waals surface area (Å²) in [6.45, 7) is 3.38. The van der Waals surface area contributed by atoms with Crippen molar-refractivity contribution >= 4 is 29.5 Å². The van der Waals surface area contributed by atoms with Crippen molar-refractivity contribution in [3.8, 4) is 5.82 Å². The van der Waals surface area contributed by atoms with Crippen molar-refractivity contribution in [1.29, 1.82) is 0 Å². The van der Waals surface area contributed by atoms with Gasteiger partial charge in [0.05, 0.1) is 11.9 Å². The summed E-state index contributed by atoms with van der Waals surface area (Å²) in [5.74, 6) is -0.471. The van der Waals surface area contributed by atoms with Crippen molar-refractivity contribution < 1.29 is 14.2 Å². The Balaban J connectivity index is 1.72. The molecule has 0 radical (unpaired) electrons. The number of benzene rings is 1. The van der Waals surface area contributed by atoms with Gasteiger partial charge in [-0.25, -0.2) is 10.1 Å². The average Bonchev–Trinajstić information content (AvgIpc) is 3.29. The van der Waals surface area contributed by atoms with Gasteiger partial charge in [-0.05, 0) is 34.4 Å². The van der Waals surface area contributed by atoms with Gasteiger partial charge in [0.25, 0.3) is 5.91 Å². The molecular weight excluding hydrogens is 378 g/mol. The highest BCUT2D eigenvalue weighted by molar-refractivity contribution is 5.94. The molecule has 2 aromatic heterocycles. The smallest absolute Gasteiger partial charge is 0.293 e. The van der Waals surface area contributed by atoms with Crippen molar-refractivity contribution in [3.63, 3.8) is 0 Å². The molecule has 0 bridgehead atoms. The Bertz CT molecular complexity index is 1040. The highest BCUT2D eigenvalue weighted by Gasteiger charge is 2.23. The van der Waals surface area contributed by atoms with Gasteiger partial charge >= 0.3 is 0 Å². The maximum atomic E-state index is 12.5. The van der Waals surface area contributed by atoms with Crippen molar-refractivity contribution in [3.05, 3.63) is 41.2 Å². The molecular formula is C17H19N9O3. The van der Waals surface area contributed by atoms with E-state index >= 15 is 0 Å². The van der Waals surface area contributed by atoms with E-state index in [0.29, 0.717) is 17.8 Å². The Hall–Kier alpha value is -4.09. The van der Waals surface area contributed by atoms with Gasteiger partial charge in [0.15, 0.2) is 5.69 Å². The normalized spacial score (nSPS) is 11.0. The summed E-state index contributed by atoms with van der Waals surface area (Å²) in [6, 6.07) is 6.96. The molecule has 0 aliphatic rings. The minimum Gasteiger partial charge on any atom is -0.378 e. The highest BCUT2D eigenvalue weighted by atomic mass is 16.6. The molecule has 0 saturated carbocycles. The largest absolute Gasteiger partial charge is 0.378 e. The second kappa shape index (κ2) is 8.73. The summed E-state index contributed by atoms with van der Waals surface area (Å²) < 4.78 is 5.91. The molecule has 0 atom stereocenters. The maximum absolute atomic E-state index is 12.5. The zero-order valence-corrected chi connectivity index (χ0v) is 15.8. The van der Waals surface area contributed by atoms with E-state index in [1.54, 1.807) is 24.3 Å². The number of amides is 2. The Morgan fingerprint density at radius 3 is 2.66 bits per heavy atom. The molecule has 0 aliphatic heterocycles. The number of anilines is 2. The molecule has 150 valence electrons. The van der Waals surface area contributed by atoms with E-state index in [2.05, 4.69) is 41.1 Å². The molecule has 0 spiro atoms. The molecule has 0 fully saturated rings. The summed E-state index contributed by atoms with van der Waals surface area (Å²) >= 11 is 0. The zero-order valence-electron chi connectivity index (χ0n) is 15.8. The van der Waals surface area contributed by atoms with Crippen LogP contribution in [0.4, 0.5) is 11.5 Å². The van der Waals surface area contributed by atoms with Gasteiger partial charge in [-0.1, -0.05) is 30.7 Å².